The van der Waals surface area contributed by atoms with Crippen LogP contribution in [0.15, 0.2) is 22.7 Å². The predicted octanol–water partition coefficient (Wildman–Crippen LogP) is 2.98. The third-order valence-electron chi connectivity index (χ3n) is 2.69. The Bertz CT molecular complexity index is 525. The molecule has 0 amide bonds. The number of nitrogens with one attached hydrogen (secondary N) is 1. The quantitative estimate of drug-likeness (QED) is 0.919. The first-order valence-corrected chi connectivity index (χ1v) is 6.02. The molecule has 0 saturated carbocycles. The van der Waals surface area contributed by atoms with Crippen LogP contribution in [0.2, 0.25) is 0 Å². The highest BCUT2D eigenvalue weighted by molar-refractivity contribution is 9.10. The van der Waals surface area contributed by atoms with Gasteiger partial charge in [-0.15, -0.1) is 0 Å². The summed E-state index contributed by atoms with van der Waals surface area (Å²) in [5.41, 5.74) is 2.01. The summed E-state index contributed by atoms with van der Waals surface area (Å²) < 4.78 is 1.06. The van der Waals surface area contributed by atoms with Gasteiger partial charge in [-0.2, -0.15) is 0 Å². The van der Waals surface area contributed by atoms with Crippen LogP contribution in [0.4, 0.5) is 0 Å². The van der Waals surface area contributed by atoms with Crippen molar-refractivity contribution in [3.63, 3.8) is 0 Å². The van der Waals surface area contributed by atoms with Gasteiger partial charge in [0.05, 0.1) is 11.6 Å². The molecule has 0 saturated heterocycles. The SMILES string of the molecule is CNC(C)c1nc(C)c2cc(Br)ccc2n1. The molecule has 1 unspecified atom stereocenters. The van der Waals surface area contributed by atoms with Gasteiger partial charge in [0.2, 0.25) is 0 Å². The van der Waals surface area contributed by atoms with Gasteiger partial charge in [0.25, 0.3) is 0 Å². The van der Waals surface area contributed by atoms with Crippen LogP contribution in [0.5, 0.6) is 0 Å². The lowest BCUT2D eigenvalue weighted by Crippen LogP contribution is -2.16. The van der Waals surface area contributed by atoms with Crippen LogP contribution in [-0.2, 0) is 0 Å². The molecule has 1 aromatic carbocycles. The summed E-state index contributed by atoms with van der Waals surface area (Å²) in [6, 6.07) is 6.24. The average molecular weight is 280 g/mol. The number of benzene rings is 1. The van der Waals surface area contributed by atoms with Gasteiger partial charge in [0.1, 0.15) is 5.82 Å². The van der Waals surface area contributed by atoms with E-state index in [-0.39, 0.29) is 6.04 Å². The molecule has 2 aromatic rings. The predicted molar refractivity (Wildman–Crippen MR) is 69.4 cm³/mol. The Hall–Kier alpha value is -1.00. The Labute approximate surface area is 103 Å². The van der Waals surface area contributed by atoms with Crippen molar-refractivity contribution in [1.29, 1.82) is 0 Å². The summed E-state index contributed by atoms with van der Waals surface area (Å²) in [4.78, 5) is 9.07. The number of aromatic nitrogens is 2. The Morgan fingerprint density at radius 2 is 2.06 bits per heavy atom. The normalized spacial score (nSPS) is 13.0. The van der Waals surface area contributed by atoms with E-state index in [0.717, 1.165) is 26.9 Å². The number of nitrogens with zero attached hydrogens (tertiary/aromatic N) is 2. The largest absolute Gasteiger partial charge is 0.311 e. The molecule has 0 bridgehead atoms. The maximum atomic E-state index is 4.55. The summed E-state index contributed by atoms with van der Waals surface area (Å²) >= 11 is 3.46. The third-order valence-corrected chi connectivity index (χ3v) is 3.18. The summed E-state index contributed by atoms with van der Waals surface area (Å²) in [6.07, 6.45) is 0. The van der Waals surface area contributed by atoms with E-state index < -0.39 is 0 Å². The van der Waals surface area contributed by atoms with Gasteiger partial charge in [-0.3, -0.25) is 0 Å². The van der Waals surface area contributed by atoms with Crippen molar-refractivity contribution in [3.8, 4) is 0 Å². The molecule has 84 valence electrons. The van der Waals surface area contributed by atoms with Gasteiger partial charge < -0.3 is 5.32 Å². The monoisotopic (exact) mass is 279 g/mol. The fourth-order valence-corrected chi connectivity index (χ4v) is 1.96. The maximum absolute atomic E-state index is 4.55. The van der Waals surface area contributed by atoms with Crippen LogP contribution < -0.4 is 5.32 Å². The van der Waals surface area contributed by atoms with Gasteiger partial charge >= 0.3 is 0 Å². The number of halogens is 1. The minimum Gasteiger partial charge on any atom is -0.311 e. The molecule has 1 heterocycles. The number of hydrogen-bond acceptors (Lipinski definition) is 3. The van der Waals surface area contributed by atoms with E-state index in [1.165, 1.54) is 0 Å². The number of hydrogen-bond donors (Lipinski definition) is 1. The summed E-state index contributed by atoms with van der Waals surface area (Å²) in [5, 5.41) is 4.25. The topological polar surface area (TPSA) is 37.8 Å². The molecule has 0 spiro atoms. The van der Waals surface area contributed by atoms with Crippen LogP contribution >= 0.6 is 15.9 Å². The fourth-order valence-electron chi connectivity index (χ4n) is 1.60. The minimum atomic E-state index is 0.173. The second-order valence-electron chi connectivity index (χ2n) is 3.84. The highest BCUT2D eigenvalue weighted by Crippen LogP contribution is 2.21. The first kappa shape index (κ1) is 11.5. The van der Waals surface area contributed by atoms with Gasteiger partial charge in [0, 0.05) is 15.6 Å². The minimum absolute atomic E-state index is 0.173. The Morgan fingerprint density at radius 1 is 1.31 bits per heavy atom. The zero-order valence-electron chi connectivity index (χ0n) is 9.58. The molecule has 1 N–H and O–H groups in total. The molecule has 4 heteroatoms. The van der Waals surface area contributed by atoms with Crippen molar-refractivity contribution in [2.24, 2.45) is 0 Å². The summed E-state index contributed by atoms with van der Waals surface area (Å²) in [6.45, 7) is 4.07. The molecule has 0 aliphatic rings. The van der Waals surface area contributed by atoms with E-state index >= 15 is 0 Å². The Balaban J connectivity index is 2.63. The molecule has 16 heavy (non-hydrogen) atoms. The van der Waals surface area contributed by atoms with Crippen molar-refractivity contribution in [1.82, 2.24) is 15.3 Å². The molecule has 2 rings (SSSR count). The van der Waals surface area contributed by atoms with Crippen LogP contribution in [0, 0.1) is 6.92 Å². The van der Waals surface area contributed by atoms with E-state index in [0.29, 0.717) is 0 Å². The molecular formula is C12H14BrN3. The van der Waals surface area contributed by atoms with Crippen molar-refractivity contribution in [2.75, 3.05) is 7.05 Å². The number of rotatable bonds is 2. The second-order valence-corrected chi connectivity index (χ2v) is 4.75. The Kier molecular flexibility index (Phi) is 3.21. The summed E-state index contributed by atoms with van der Waals surface area (Å²) in [7, 11) is 1.91. The molecule has 0 aliphatic carbocycles. The van der Waals surface area contributed by atoms with Gasteiger partial charge in [-0.1, -0.05) is 15.9 Å². The van der Waals surface area contributed by atoms with Crippen LogP contribution in [-0.4, -0.2) is 17.0 Å². The Morgan fingerprint density at radius 3 is 2.75 bits per heavy atom. The fraction of sp³-hybridized carbons (Fsp3) is 0.333. The number of fused-ring (bicyclic) bond motifs is 1. The molecular weight excluding hydrogens is 266 g/mol. The average Bonchev–Trinajstić information content (AvgIpc) is 2.28. The lowest BCUT2D eigenvalue weighted by atomic mass is 10.2. The van der Waals surface area contributed by atoms with Gasteiger partial charge in [0.15, 0.2) is 0 Å². The smallest absolute Gasteiger partial charge is 0.145 e. The standard InChI is InChI=1S/C12H14BrN3/c1-7-10-6-9(13)4-5-11(10)16-12(15-7)8(2)14-3/h4-6,8,14H,1-3H3. The van der Waals surface area contributed by atoms with Crippen LogP contribution in [0.1, 0.15) is 24.5 Å². The van der Waals surface area contributed by atoms with Crippen LogP contribution in [0.3, 0.4) is 0 Å². The summed E-state index contributed by atoms with van der Waals surface area (Å²) in [5.74, 6) is 0.842. The van der Waals surface area contributed by atoms with Crippen molar-refractivity contribution >= 4 is 26.8 Å². The zero-order chi connectivity index (χ0) is 11.7. The van der Waals surface area contributed by atoms with Crippen molar-refractivity contribution in [2.45, 2.75) is 19.9 Å². The van der Waals surface area contributed by atoms with Crippen molar-refractivity contribution < 1.29 is 0 Å². The van der Waals surface area contributed by atoms with E-state index in [9.17, 15) is 0 Å². The van der Waals surface area contributed by atoms with Gasteiger partial charge in [-0.05, 0) is 39.1 Å². The molecule has 1 aromatic heterocycles. The molecule has 1 atom stereocenters. The molecule has 0 aliphatic heterocycles. The molecule has 0 fully saturated rings. The third kappa shape index (κ3) is 2.08. The highest BCUT2D eigenvalue weighted by atomic mass is 79.9. The lowest BCUT2D eigenvalue weighted by Gasteiger charge is -2.11. The lowest BCUT2D eigenvalue weighted by molar-refractivity contribution is 0.611. The first-order chi connectivity index (χ1) is 7.61. The van der Waals surface area contributed by atoms with Gasteiger partial charge in [-0.25, -0.2) is 9.97 Å². The van der Waals surface area contributed by atoms with E-state index in [4.69, 9.17) is 0 Å². The second kappa shape index (κ2) is 4.47. The first-order valence-electron chi connectivity index (χ1n) is 5.23. The van der Waals surface area contributed by atoms with Crippen LogP contribution in [0.25, 0.3) is 10.9 Å². The number of aryl methyl sites for hydroxylation is 1. The zero-order valence-corrected chi connectivity index (χ0v) is 11.2. The highest BCUT2D eigenvalue weighted by Gasteiger charge is 2.09. The maximum Gasteiger partial charge on any atom is 0.145 e. The van der Waals surface area contributed by atoms with E-state index in [1.54, 1.807) is 0 Å². The molecule has 3 nitrogen and oxygen atoms in total. The van der Waals surface area contributed by atoms with Crippen molar-refractivity contribution in [3.05, 3.63) is 34.2 Å². The van der Waals surface area contributed by atoms with E-state index in [1.807, 2.05) is 26.1 Å². The van der Waals surface area contributed by atoms with E-state index in [2.05, 4.69) is 44.2 Å². The molecule has 0 radical (unpaired) electrons.